The molecular formula is C22H33IN6O2. The van der Waals surface area contributed by atoms with Crippen LogP contribution in [0, 0.1) is 0 Å². The number of benzene rings is 1. The number of morpholine rings is 1. The topological polar surface area (TPSA) is 75.0 Å². The normalized spacial score (nSPS) is 16.5. The van der Waals surface area contributed by atoms with Crippen LogP contribution in [0.1, 0.15) is 31.1 Å². The molecule has 3 rings (SSSR count). The van der Waals surface area contributed by atoms with Crippen molar-refractivity contribution in [3.8, 4) is 0 Å². The van der Waals surface area contributed by atoms with Crippen molar-refractivity contribution in [1.82, 2.24) is 24.9 Å². The number of amides is 1. The summed E-state index contributed by atoms with van der Waals surface area (Å²) < 4.78 is 7.71. The van der Waals surface area contributed by atoms with Gasteiger partial charge in [0.25, 0.3) is 0 Å². The van der Waals surface area contributed by atoms with Crippen molar-refractivity contribution in [3.05, 3.63) is 53.9 Å². The number of aryl methyl sites for hydroxylation is 1. The monoisotopic (exact) mass is 540 g/mol. The van der Waals surface area contributed by atoms with Gasteiger partial charge >= 0.3 is 0 Å². The number of likely N-dealkylation sites (N-methyl/N-ethyl adjacent to an activating group) is 1. The molecular weight excluding hydrogens is 507 g/mol. The highest BCUT2D eigenvalue weighted by Crippen LogP contribution is 2.21. The van der Waals surface area contributed by atoms with Crippen molar-refractivity contribution >= 4 is 35.8 Å². The summed E-state index contributed by atoms with van der Waals surface area (Å²) in [6, 6.07) is 10.0. The van der Waals surface area contributed by atoms with Crippen molar-refractivity contribution in [2.45, 2.75) is 26.5 Å². The SMILES string of the molecule is CCNC(=NCC(=O)N(CC)Cc1ccccc1)N1CCOC(c2cnn(C)c2)C1.I. The van der Waals surface area contributed by atoms with E-state index < -0.39 is 0 Å². The van der Waals surface area contributed by atoms with Crippen LogP contribution in [0.5, 0.6) is 0 Å². The predicted octanol–water partition coefficient (Wildman–Crippen LogP) is 2.43. The van der Waals surface area contributed by atoms with Gasteiger partial charge in [-0.25, -0.2) is 4.99 Å². The average molecular weight is 540 g/mol. The van der Waals surface area contributed by atoms with E-state index in [9.17, 15) is 4.79 Å². The molecule has 1 fully saturated rings. The second kappa shape index (κ2) is 12.7. The molecule has 0 radical (unpaired) electrons. The first kappa shape index (κ1) is 25.1. The van der Waals surface area contributed by atoms with E-state index in [4.69, 9.17) is 4.74 Å². The van der Waals surface area contributed by atoms with Gasteiger partial charge in [-0.3, -0.25) is 9.48 Å². The predicted molar refractivity (Wildman–Crippen MR) is 132 cm³/mol. The number of aromatic nitrogens is 2. The fraction of sp³-hybridized carbons (Fsp3) is 0.500. The summed E-state index contributed by atoms with van der Waals surface area (Å²) in [5.74, 6) is 0.771. The molecule has 9 heteroatoms. The lowest BCUT2D eigenvalue weighted by Gasteiger charge is -2.34. The third kappa shape index (κ3) is 7.20. The second-order valence-electron chi connectivity index (χ2n) is 7.32. The van der Waals surface area contributed by atoms with E-state index in [1.165, 1.54) is 0 Å². The Morgan fingerprint density at radius 3 is 2.74 bits per heavy atom. The van der Waals surface area contributed by atoms with Crippen LogP contribution in [0.2, 0.25) is 0 Å². The number of carbonyl (C=O) groups excluding carboxylic acids is 1. The van der Waals surface area contributed by atoms with Crippen LogP contribution in [0.4, 0.5) is 0 Å². The van der Waals surface area contributed by atoms with Crippen molar-refractivity contribution in [1.29, 1.82) is 0 Å². The number of rotatable bonds is 7. The van der Waals surface area contributed by atoms with Gasteiger partial charge in [-0.05, 0) is 19.4 Å². The number of nitrogens with one attached hydrogen (secondary N) is 1. The average Bonchev–Trinajstić information content (AvgIpc) is 3.22. The lowest BCUT2D eigenvalue weighted by Crippen LogP contribution is -2.48. The van der Waals surface area contributed by atoms with Gasteiger partial charge in [0.2, 0.25) is 5.91 Å². The minimum absolute atomic E-state index is 0. The van der Waals surface area contributed by atoms with Crippen LogP contribution in [0.3, 0.4) is 0 Å². The molecule has 1 aromatic carbocycles. The lowest BCUT2D eigenvalue weighted by atomic mass is 10.1. The fourth-order valence-corrected chi connectivity index (χ4v) is 3.50. The van der Waals surface area contributed by atoms with Gasteiger partial charge in [-0.2, -0.15) is 5.10 Å². The van der Waals surface area contributed by atoms with E-state index >= 15 is 0 Å². The van der Waals surface area contributed by atoms with E-state index in [1.807, 2.05) is 68.5 Å². The van der Waals surface area contributed by atoms with Gasteiger partial charge in [-0.15, -0.1) is 24.0 Å². The maximum absolute atomic E-state index is 12.8. The molecule has 8 nitrogen and oxygen atoms in total. The Balaban J connectivity index is 0.00000341. The van der Waals surface area contributed by atoms with Crippen LogP contribution in [-0.2, 0) is 23.1 Å². The molecule has 0 saturated carbocycles. The summed E-state index contributed by atoms with van der Waals surface area (Å²) in [6.07, 6.45) is 3.76. The largest absolute Gasteiger partial charge is 0.370 e. The minimum Gasteiger partial charge on any atom is -0.370 e. The maximum Gasteiger partial charge on any atom is 0.244 e. The fourth-order valence-electron chi connectivity index (χ4n) is 3.50. The van der Waals surface area contributed by atoms with Crippen LogP contribution in [-0.4, -0.2) is 70.8 Å². The maximum atomic E-state index is 12.8. The molecule has 0 aliphatic carbocycles. The number of guanidine groups is 1. The summed E-state index contributed by atoms with van der Waals surface area (Å²) in [5, 5.41) is 7.56. The highest BCUT2D eigenvalue weighted by atomic mass is 127. The molecule has 2 heterocycles. The Morgan fingerprint density at radius 2 is 2.10 bits per heavy atom. The van der Waals surface area contributed by atoms with Gasteiger partial charge in [0.1, 0.15) is 12.6 Å². The van der Waals surface area contributed by atoms with Crippen LogP contribution < -0.4 is 5.32 Å². The van der Waals surface area contributed by atoms with Gasteiger partial charge < -0.3 is 19.9 Å². The van der Waals surface area contributed by atoms with E-state index in [0.717, 1.165) is 30.2 Å². The summed E-state index contributed by atoms with van der Waals surface area (Å²) in [7, 11) is 1.90. The van der Waals surface area contributed by atoms with E-state index in [2.05, 4.69) is 20.3 Å². The summed E-state index contributed by atoms with van der Waals surface area (Å²) in [4.78, 5) is 21.4. The van der Waals surface area contributed by atoms with E-state index in [1.54, 1.807) is 4.68 Å². The second-order valence-corrected chi connectivity index (χ2v) is 7.32. The molecule has 31 heavy (non-hydrogen) atoms. The van der Waals surface area contributed by atoms with E-state index in [0.29, 0.717) is 26.2 Å². The lowest BCUT2D eigenvalue weighted by molar-refractivity contribution is -0.130. The standard InChI is InChI=1S/C22H32N6O2.HI/c1-4-23-22(28-11-12-30-20(17-28)19-13-25-26(3)16-19)24-14-21(29)27(5-2)15-18-9-7-6-8-10-18;/h6-10,13,16,20H,4-5,11-12,14-15,17H2,1-3H3,(H,23,24);1H. The van der Waals surface area contributed by atoms with Gasteiger partial charge in [0.15, 0.2) is 5.96 Å². The van der Waals surface area contributed by atoms with Crippen molar-refractivity contribution in [2.75, 3.05) is 39.3 Å². The quantitative estimate of drug-likeness (QED) is 0.332. The summed E-state index contributed by atoms with van der Waals surface area (Å²) >= 11 is 0. The first-order valence-corrected chi connectivity index (χ1v) is 10.6. The molecule has 1 amide bonds. The highest BCUT2D eigenvalue weighted by Gasteiger charge is 2.25. The number of hydrogen-bond acceptors (Lipinski definition) is 4. The molecule has 170 valence electrons. The third-order valence-corrected chi connectivity index (χ3v) is 5.11. The van der Waals surface area contributed by atoms with Crippen molar-refractivity contribution < 1.29 is 9.53 Å². The zero-order chi connectivity index (χ0) is 21.3. The zero-order valence-electron chi connectivity index (χ0n) is 18.5. The molecule has 1 unspecified atom stereocenters. The first-order valence-electron chi connectivity index (χ1n) is 10.6. The molecule has 1 aliphatic heterocycles. The van der Waals surface area contributed by atoms with Crippen LogP contribution in [0.15, 0.2) is 47.7 Å². The van der Waals surface area contributed by atoms with E-state index in [-0.39, 0.29) is 42.5 Å². The molecule has 1 N–H and O–H groups in total. The Labute approximate surface area is 201 Å². The van der Waals surface area contributed by atoms with Crippen molar-refractivity contribution in [3.63, 3.8) is 0 Å². The number of hydrogen-bond donors (Lipinski definition) is 1. The minimum atomic E-state index is -0.0581. The van der Waals surface area contributed by atoms with Gasteiger partial charge in [0.05, 0.1) is 19.3 Å². The molecule has 1 aliphatic rings. The number of carbonyl (C=O) groups is 1. The number of halogens is 1. The van der Waals surface area contributed by atoms with Crippen molar-refractivity contribution in [2.24, 2.45) is 12.0 Å². The molecule has 2 aromatic rings. The number of aliphatic imine (C=N–C) groups is 1. The Bertz CT molecular complexity index is 842. The third-order valence-electron chi connectivity index (χ3n) is 5.11. The molecule has 1 aromatic heterocycles. The Kier molecular flexibility index (Phi) is 10.3. The van der Waals surface area contributed by atoms with Crippen LogP contribution in [0.25, 0.3) is 0 Å². The van der Waals surface area contributed by atoms with Gasteiger partial charge in [0, 0.05) is 45.0 Å². The highest BCUT2D eigenvalue weighted by molar-refractivity contribution is 14.0. The van der Waals surface area contributed by atoms with Crippen LogP contribution >= 0.6 is 24.0 Å². The number of nitrogens with zero attached hydrogens (tertiary/aromatic N) is 5. The molecule has 1 saturated heterocycles. The Morgan fingerprint density at radius 1 is 1.32 bits per heavy atom. The summed E-state index contributed by atoms with van der Waals surface area (Å²) in [5.41, 5.74) is 2.17. The number of ether oxygens (including phenoxy) is 1. The summed E-state index contributed by atoms with van der Waals surface area (Å²) in [6.45, 7) is 8.16. The molecule has 0 bridgehead atoms. The smallest absolute Gasteiger partial charge is 0.244 e. The molecule has 1 atom stereocenters. The first-order chi connectivity index (χ1) is 14.6. The Hall–Kier alpha value is -2.14. The molecule has 0 spiro atoms. The van der Waals surface area contributed by atoms with Gasteiger partial charge in [-0.1, -0.05) is 30.3 Å². The zero-order valence-corrected chi connectivity index (χ0v) is 20.9.